The van der Waals surface area contributed by atoms with E-state index in [0.29, 0.717) is 44.7 Å². The molecule has 186 valence electrons. The Morgan fingerprint density at radius 2 is 2.03 bits per heavy atom. The molecule has 4 aromatic rings. The van der Waals surface area contributed by atoms with E-state index in [1.165, 1.54) is 30.5 Å². The number of ether oxygens (including phenoxy) is 2. The van der Waals surface area contributed by atoms with Crippen LogP contribution in [0.25, 0.3) is 11.0 Å². The number of carbonyl (C=O) groups is 1. The Bertz CT molecular complexity index is 1560. The summed E-state index contributed by atoms with van der Waals surface area (Å²) in [5, 5.41) is 24.6. The molecule has 0 atom stereocenters. The van der Waals surface area contributed by atoms with E-state index in [-0.39, 0.29) is 18.1 Å². The van der Waals surface area contributed by atoms with Crippen LogP contribution in [-0.4, -0.2) is 23.7 Å². The van der Waals surface area contributed by atoms with Gasteiger partial charge >= 0.3 is 5.91 Å². The lowest BCUT2D eigenvalue weighted by Gasteiger charge is -2.15. The van der Waals surface area contributed by atoms with Crippen LogP contribution in [0.5, 0.6) is 11.5 Å². The molecule has 0 unspecified atom stereocenters. The van der Waals surface area contributed by atoms with E-state index in [1.54, 1.807) is 24.3 Å². The molecule has 0 aliphatic carbocycles. The molecule has 3 aromatic carbocycles. The smallest absolute Gasteiger partial charge is 0.307 e. The molecule has 0 aliphatic rings. The van der Waals surface area contributed by atoms with Gasteiger partial charge < -0.3 is 13.9 Å². The van der Waals surface area contributed by atoms with Crippen LogP contribution in [0.1, 0.15) is 34.2 Å². The SMILES string of the molecule is CCOc1cc(/C=N/NC(=O)c2cc3cc([N+](=O)[O-])ccc3o2)cc(Br)c1OCc1ccccc1C#N. The van der Waals surface area contributed by atoms with Crippen molar-refractivity contribution < 1.29 is 23.6 Å². The lowest BCUT2D eigenvalue weighted by atomic mass is 10.1. The molecule has 1 heterocycles. The number of amides is 1. The zero-order valence-electron chi connectivity index (χ0n) is 19.4. The van der Waals surface area contributed by atoms with Crippen molar-refractivity contribution >= 4 is 44.7 Å². The lowest BCUT2D eigenvalue weighted by molar-refractivity contribution is -0.384. The van der Waals surface area contributed by atoms with Crippen molar-refractivity contribution in [2.24, 2.45) is 5.10 Å². The number of hydrogen-bond acceptors (Lipinski definition) is 8. The quantitative estimate of drug-likeness (QED) is 0.156. The highest BCUT2D eigenvalue weighted by atomic mass is 79.9. The van der Waals surface area contributed by atoms with Crippen molar-refractivity contribution in [3.63, 3.8) is 0 Å². The van der Waals surface area contributed by atoms with Crippen LogP contribution < -0.4 is 14.9 Å². The number of nitrogens with one attached hydrogen (secondary N) is 1. The molecule has 0 bridgehead atoms. The third kappa shape index (κ3) is 5.94. The number of hydrazone groups is 1. The van der Waals surface area contributed by atoms with E-state index in [0.717, 1.165) is 5.56 Å². The van der Waals surface area contributed by atoms with Gasteiger partial charge in [0.1, 0.15) is 12.2 Å². The van der Waals surface area contributed by atoms with Gasteiger partial charge in [-0.1, -0.05) is 18.2 Å². The molecule has 0 spiro atoms. The maximum Gasteiger partial charge on any atom is 0.307 e. The third-order valence-electron chi connectivity index (χ3n) is 5.16. The zero-order chi connectivity index (χ0) is 26.4. The first-order chi connectivity index (χ1) is 17.9. The van der Waals surface area contributed by atoms with Gasteiger partial charge in [-0.15, -0.1) is 0 Å². The van der Waals surface area contributed by atoms with Crippen molar-refractivity contribution in [2.45, 2.75) is 13.5 Å². The number of nitro benzene ring substituents is 1. The Labute approximate surface area is 219 Å². The zero-order valence-corrected chi connectivity index (χ0v) is 21.0. The minimum atomic E-state index is -0.615. The summed E-state index contributed by atoms with van der Waals surface area (Å²) in [5.41, 5.74) is 4.50. The number of rotatable bonds is 9. The lowest BCUT2D eigenvalue weighted by Crippen LogP contribution is -2.16. The van der Waals surface area contributed by atoms with Gasteiger partial charge in [0.2, 0.25) is 0 Å². The van der Waals surface area contributed by atoms with Crippen LogP contribution >= 0.6 is 15.9 Å². The standard InChI is InChI=1S/C26H19BrN4O6/c1-2-35-23-10-16(9-21(27)25(23)36-15-18-6-4-3-5-17(18)13-28)14-29-30-26(32)24-12-19-11-20(31(33)34)7-8-22(19)37-24/h3-12,14H,2,15H2,1H3,(H,30,32)/b29-14+. The summed E-state index contributed by atoms with van der Waals surface area (Å²) in [6, 6.07) is 18.2. The molecule has 1 amide bonds. The highest BCUT2D eigenvalue weighted by Crippen LogP contribution is 2.37. The summed E-state index contributed by atoms with van der Waals surface area (Å²) in [4.78, 5) is 22.9. The van der Waals surface area contributed by atoms with Crippen LogP contribution in [0.2, 0.25) is 0 Å². The summed E-state index contributed by atoms with van der Waals surface area (Å²) < 4.78 is 17.8. The van der Waals surface area contributed by atoms with E-state index >= 15 is 0 Å². The first-order valence-corrected chi connectivity index (χ1v) is 11.8. The molecule has 1 N–H and O–H groups in total. The summed E-state index contributed by atoms with van der Waals surface area (Å²) in [7, 11) is 0. The fourth-order valence-corrected chi connectivity index (χ4v) is 4.02. The molecule has 10 nitrogen and oxygen atoms in total. The summed E-state index contributed by atoms with van der Waals surface area (Å²) in [6.45, 7) is 2.40. The van der Waals surface area contributed by atoms with E-state index in [2.05, 4.69) is 32.5 Å². The number of hydrogen-bond donors (Lipinski definition) is 1. The van der Waals surface area contributed by atoms with E-state index in [4.69, 9.17) is 13.9 Å². The number of nitrogens with zero attached hydrogens (tertiary/aromatic N) is 3. The van der Waals surface area contributed by atoms with Gasteiger partial charge in [-0.3, -0.25) is 14.9 Å². The van der Waals surface area contributed by atoms with E-state index in [1.807, 2.05) is 19.1 Å². The maximum absolute atomic E-state index is 12.5. The number of nitriles is 1. The summed E-state index contributed by atoms with van der Waals surface area (Å²) >= 11 is 3.49. The van der Waals surface area contributed by atoms with Gasteiger partial charge in [-0.2, -0.15) is 10.4 Å². The molecule has 1 aromatic heterocycles. The van der Waals surface area contributed by atoms with Crippen molar-refractivity contribution in [3.8, 4) is 17.6 Å². The molecule has 0 fully saturated rings. The molecule has 4 rings (SSSR count). The van der Waals surface area contributed by atoms with E-state index < -0.39 is 10.8 Å². The molecule has 0 aliphatic heterocycles. The normalized spacial score (nSPS) is 10.8. The number of fused-ring (bicyclic) bond motifs is 1. The molecule has 0 radical (unpaired) electrons. The summed E-state index contributed by atoms with van der Waals surface area (Å²) in [6.07, 6.45) is 1.42. The summed E-state index contributed by atoms with van der Waals surface area (Å²) in [5.74, 6) is 0.269. The van der Waals surface area contributed by atoms with Crippen LogP contribution in [-0.2, 0) is 6.61 Å². The highest BCUT2D eigenvalue weighted by Gasteiger charge is 2.16. The Balaban J connectivity index is 1.48. The van der Waals surface area contributed by atoms with Crippen molar-refractivity contribution in [2.75, 3.05) is 6.61 Å². The average Bonchev–Trinajstić information content (AvgIpc) is 3.32. The fraction of sp³-hybridized carbons (Fsp3) is 0.115. The second-order valence-corrected chi connectivity index (χ2v) is 8.46. The first kappa shape index (κ1) is 25.4. The van der Waals surface area contributed by atoms with Gasteiger partial charge in [0.15, 0.2) is 17.3 Å². The number of non-ortho nitro benzene ring substituents is 1. The molecule has 0 saturated heterocycles. The Kier molecular flexibility index (Phi) is 7.80. The van der Waals surface area contributed by atoms with Gasteiger partial charge in [-0.25, -0.2) is 5.43 Å². The van der Waals surface area contributed by atoms with Crippen LogP contribution in [0.3, 0.4) is 0 Å². The average molecular weight is 563 g/mol. The highest BCUT2D eigenvalue weighted by molar-refractivity contribution is 9.10. The molecular weight excluding hydrogens is 544 g/mol. The van der Waals surface area contributed by atoms with Crippen LogP contribution in [0.15, 0.2) is 74.7 Å². The van der Waals surface area contributed by atoms with Gasteiger partial charge in [0.05, 0.1) is 33.9 Å². The van der Waals surface area contributed by atoms with Gasteiger partial charge in [0, 0.05) is 23.1 Å². The Morgan fingerprint density at radius 3 is 2.78 bits per heavy atom. The number of benzene rings is 3. The monoisotopic (exact) mass is 562 g/mol. The third-order valence-corrected chi connectivity index (χ3v) is 5.74. The fourth-order valence-electron chi connectivity index (χ4n) is 3.45. The second-order valence-electron chi connectivity index (χ2n) is 7.61. The molecule has 0 saturated carbocycles. The second kappa shape index (κ2) is 11.4. The minimum absolute atomic E-state index is 0.0368. The number of halogens is 1. The first-order valence-electron chi connectivity index (χ1n) is 11.0. The van der Waals surface area contributed by atoms with Crippen LogP contribution in [0.4, 0.5) is 5.69 Å². The molecular formula is C26H19BrN4O6. The maximum atomic E-state index is 12.5. The Hall–Kier alpha value is -4.69. The van der Waals surface area contributed by atoms with E-state index in [9.17, 15) is 20.2 Å². The van der Waals surface area contributed by atoms with Crippen molar-refractivity contribution in [1.29, 1.82) is 5.26 Å². The predicted octanol–water partition coefficient (Wildman–Crippen LogP) is 5.72. The predicted molar refractivity (Wildman–Crippen MR) is 139 cm³/mol. The van der Waals surface area contributed by atoms with Crippen LogP contribution in [0, 0.1) is 21.4 Å². The van der Waals surface area contributed by atoms with Gasteiger partial charge in [0.25, 0.3) is 5.69 Å². The van der Waals surface area contributed by atoms with Crippen molar-refractivity contribution in [1.82, 2.24) is 5.43 Å². The van der Waals surface area contributed by atoms with Crippen molar-refractivity contribution in [3.05, 3.63) is 97.7 Å². The van der Waals surface area contributed by atoms with Gasteiger partial charge in [-0.05, 0) is 58.7 Å². The topological polar surface area (TPSA) is 140 Å². The largest absolute Gasteiger partial charge is 0.490 e. The number of furan rings is 1. The molecule has 11 heteroatoms. The Morgan fingerprint density at radius 1 is 1.22 bits per heavy atom. The minimum Gasteiger partial charge on any atom is -0.490 e. The molecule has 37 heavy (non-hydrogen) atoms. The number of nitro groups is 1. The number of carbonyl (C=O) groups excluding carboxylic acids is 1.